The van der Waals surface area contributed by atoms with Gasteiger partial charge in [-0.3, -0.25) is 9.59 Å². The molecule has 0 N–H and O–H groups in total. The van der Waals surface area contributed by atoms with Gasteiger partial charge < -0.3 is 9.30 Å². The van der Waals surface area contributed by atoms with E-state index in [2.05, 4.69) is 9.72 Å². The molecule has 9 heteroatoms. The Bertz CT molecular complexity index is 696. The van der Waals surface area contributed by atoms with Gasteiger partial charge in [0.2, 0.25) is 0 Å². The maximum atomic E-state index is 12.5. The van der Waals surface area contributed by atoms with Gasteiger partial charge in [0, 0.05) is 25.8 Å². The summed E-state index contributed by atoms with van der Waals surface area (Å²) in [4.78, 5) is 27.0. The van der Waals surface area contributed by atoms with E-state index >= 15 is 0 Å². The van der Waals surface area contributed by atoms with Gasteiger partial charge in [0.15, 0.2) is 5.03 Å². The Morgan fingerprint density at radius 3 is 2.71 bits per heavy atom. The van der Waals surface area contributed by atoms with Crippen LogP contribution >= 0.6 is 0 Å². The van der Waals surface area contributed by atoms with Crippen molar-refractivity contribution >= 4 is 22.0 Å². The SMILES string of the molecule is CCn1cnc(S(=O)(=O)N2CCC3C(=O)OC(=O)C3C2)c1. The van der Waals surface area contributed by atoms with Crippen LogP contribution in [0.3, 0.4) is 0 Å². The van der Waals surface area contributed by atoms with Crippen LogP contribution in [-0.4, -0.2) is 47.3 Å². The van der Waals surface area contributed by atoms with Gasteiger partial charge in [-0.15, -0.1) is 0 Å². The van der Waals surface area contributed by atoms with Crippen LogP contribution in [0.1, 0.15) is 13.3 Å². The third-order valence-electron chi connectivity index (χ3n) is 3.96. The Labute approximate surface area is 121 Å². The van der Waals surface area contributed by atoms with Gasteiger partial charge in [0.25, 0.3) is 10.0 Å². The predicted octanol–water partition coefficient (Wildman–Crippen LogP) is -0.387. The number of ether oxygens (including phenoxy) is 1. The van der Waals surface area contributed by atoms with Crippen molar-refractivity contribution in [3.63, 3.8) is 0 Å². The molecule has 2 fully saturated rings. The number of carbonyl (C=O) groups excluding carboxylic acids is 2. The van der Waals surface area contributed by atoms with Crippen LogP contribution in [0.2, 0.25) is 0 Å². The summed E-state index contributed by atoms with van der Waals surface area (Å²) in [6.45, 7) is 2.65. The Hall–Kier alpha value is -1.74. The second-order valence-corrected chi connectivity index (χ2v) is 7.03. The second kappa shape index (κ2) is 4.92. The van der Waals surface area contributed by atoms with E-state index in [1.54, 1.807) is 4.57 Å². The Morgan fingerprint density at radius 1 is 1.33 bits per heavy atom. The van der Waals surface area contributed by atoms with Crippen LogP contribution in [0, 0.1) is 11.8 Å². The third kappa shape index (κ3) is 2.26. The molecule has 0 amide bonds. The lowest BCUT2D eigenvalue weighted by atomic mass is 9.89. The van der Waals surface area contributed by atoms with Gasteiger partial charge in [-0.25, -0.2) is 13.4 Å². The van der Waals surface area contributed by atoms with Gasteiger partial charge in [-0.05, 0) is 13.3 Å². The van der Waals surface area contributed by atoms with Crippen molar-refractivity contribution < 1.29 is 22.7 Å². The van der Waals surface area contributed by atoms with Gasteiger partial charge >= 0.3 is 11.9 Å². The molecule has 0 spiro atoms. The van der Waals surface area contributed by atoms with E-state index in [1.165, 1.54) is 16.8 Å². The van der Waals surface area contributed by atoms with Crippen molar-refractivity contribution in [1.29, 1.82) is 0 Å². The number of imidazole rings is 1. The molecular formula is C12H15N3O5S. The first-order valence-corrected chi connectivity index (χ1v) is 8.15. The predicted molar refractivity (Wildman–Crippen MR) is 69.4 cm³/mol. The highest BCUT2D eigenvalue weighted by atomic mass is 32.2. The summed E-state index contributed by atoms with van der Waals surface area (Å²) in [5.74, 6) is -2.40. The molecule has 114 valence electrons. The minimum Gasteiger partial charge on any atom is -0.393 e. The molecule has 0 aliphatic carbocycles. The fourth-order valence-corrected chi connectivity index (χ4v) is 4.11. The first kappa shape index (κ1) is 14.2. The maximum absolute atomic E-state index is 12.5. The van der Waals surface area contributed by atoms with Crippen molar-refractivity contribution in [3.8, 4) is 0 Å². The number of hydrogen-bond donors (Lipinski definition) is 0. The molecule has 1 aromatic heterocycles. The molecule has 1 aromatic rings. The summed E-state index contributed by atoms with van der Waals surface area (Å²) >= 11 is 0. The Balaban J connectivity index is 1.84. The monoisotopic (exact) mass is 313 g/mol. The van der Waals surface area contributed by atoms with Gasteiger partial charge in [-0.1, -0.05) is 0 Å². The summed E-state index contributed by atoms with van der Waals surface area (Å²) in [6, 6.07) is 0. The summed E-state index contributed by atoms with van der Waals surface area (Å²) in [7, 11) is -3.75. The minimum absolute atomic E-state index is 0.0312. The molecule has 3 rings (SSSR count). The molecule has 0 bridgehead atoms. The zero-order chi connectivity index (χ0) is 15.2. The molecule has 0 radical (unpaired) electrons. The van der Waals surface area contributed by atoms with Crippen LogP contribution in [0.4, 0.5) is 0 Å². The Kier molecular flexibility index (Phi) is 3.33. The number of rotatable bonds is 3. The molecule has 2 aliphatic rings. The number of hydrogen-bond acceptors (Lipinski definition) is 6. The first-order chi connectivity index (χ1) is 9.93. The van der Waals surface area contributed by atoms with Crippen LogP contribution in [0.25, 0.3) is 0 Å². The number of carbonyl (C=O) groups is 2. The largest absolute Gasteiger partial charge is 0.393 e. The lowest BCUT2D eigenvalue weighted by Crippen LogP contribution is -2.44. The number of fused-ring (bicyclic) bond motifs is 1. The zero-order valence-corrected chi connectivity index (χ0v) is 12.2. The highest BCUT2D eigenvalue weighted by Gasteiger charge is 2.49. The molecule has 2 unspecified atom stereocenters. The van der Waals surface area contributed by atoms with E-state index in [-0.39, 0.29) is 18.1 Å². The highest BCUT2D eigenvalue weighted by molar-refractivity contribution is 7.89. The number of piperidine rings is 1. The van der Waals surface area contributed by atoms with E-state index < -0.39 is 33.8 Å². The smallest absolute Gasteiger partial charge is 0.318 e. The van der Waals surface area contributed by atoms with Gasteiger partial charge in [0.05, 0.1) is 18.2 Å². The van der Waals surface area contributed by atoms with Gasteiger partial charge in [-0.2, -0.15) is 4.31 Å². The number of sulfonamides is 1. The lowest BCUT2D eigenvalue weighted by Gasteiger charge is -2.29. The van der Waals surface area contributed by atoms with Crippen molar-refractivity contribution in [1.82, 2.24) is 13.9 Å². The fourth-order valence-electron chi connectivity index (χ4n) is 2.69. The molecule has 2 aliphatic heterocycles. The molecule has 3 heterocycles. The number of aryl methyl sites for hydroxylation is 1. The molecule has 21 heavy (non-hydrogen) atoms. The normalized spacial score (nSPS) is 26.7. The molecule has 2 atom stereocenters. The summed E-state index contributed by atoms with van der Waals surface area (Å²) in [6.07, 6.45) is 3.20. The summed E-state index contributed by atoms with van der Waals surface area (Å²) < 4.78 is 32.5. The molecule has 2 saturated heterocycles. The van der Waals surface area contributed by atoms with Crippen LogP contribution in [0.5, 0.6) is 0 Å². The topological polar surface area (TPSA) is 98.6 Å². The van der Waals surface area contributed by atoms with Crippen molar-refractivity contribution in [2.75, 3.05) is 13.1 Å². The van der Waals surface area contributed by atoms with Crippen molar-refractivity contribution in [2.45, 2.75) is 24.9 Å². The first-order valence-electron chi connectivity index (χ1n) is 6.71. The average molecular weight is 313 g/mol. The van der Waals surface area contributed by atoms with E-state index in [0.717, 1.165) is 0 Å². The van der Waals surface area contributed by atoms with Crippen molar-refractivity contribution in [3.05, 3.63) is 12.5 Å². The average Bonchev–Trinajstić information content (AvgIpc) is 3.05. The number of nitrogens with zero attached hydrogens (tertiary/aromatic N) is 3. The van der Waals surface area contributed by atoms with E-state index in [4.69, 9.17) is 0 Å². The lowest BCUT2D eigenvalue weighted by molar-refractivity contribution is -0.153. The molecular weight excluding hydrogens is 298 g/mol. The summed E-state index contributed by atoms with van der Waals surface area (Å²) in [5, 5.41) is -0.0412. The molecule has 8 nitrogen and oxygen atoms in total. The number of aromatic nitrogens is 2. The molecule has 0 aromatic carbocycles. The number of cyclic esters (lactones) is 2. The third-order valence-corrected chi connectivity index (χ3v) is 5.71. The van der Waals surface area contributed by atoms with Crippen LogP contribution in [-0.2, 0) is 30.9 Å². The summed E-state index contributed by atoms with van der Waals surface area (Å²) in [5.41, 5.74) is 0. The maximum Gasteiger partial charge on any atom is 0.318 e. The molecule has 0 saturated carbocycles. The zero-order valence-electron chi connectivity index (χ0n) is 11.4. The van der Waals surface area contributed by atoms with Crippen LogP contribution in [0.15, 0.2) is 17.6 Å². The van der Waals surface area contributed by atoms with Gasteiger partial charge in [0.1, 0.15) is 0 Å². The second-order valence-electron chi connectivity index (χ2n) is 5.15. The van der Waals surface area contributed by atoms with E-state index in [9.17, 15) is 18.0 Å². The Morgan fingerprint density at radius 2 is 2.05 bits per heavy atom. The minimum atomic E-state index is -3.75. The van der Waals surface area contributed by atoms with E-state index in [1.807, 2.05) is 6.92 Å². The fraction of sp³-hybridized carbons (Fsp3) is 0.583. The van der Waals surface area contributed by atoms with E-state index in [0.29, 0.717) is 13.0 Å². The quantitative estimate of drug-likeness (QED) is 0.557. The highest BCUT2D eigenvalue weighted by Crippen LogP contribution is 2.33. The van der Waals surface area contributed by atoms with Crippen molar-refractivity contribution in [2.24, 2.45) is 11.8 Å². The number of esters is 2. The van der Waals surface area contributed by atoms with Crippen LogP contribution < -0.4 is 0 Å². The standard InChI is InChI=1S/C12H15N3O5S/c1-2-14-6-10(13-7-14)21(18,19)15-4-3-8-9(5-15)12(17)20-11(8)16/h6-9H,2-5H2,1H3.